The van der Waals surface area contributed by atoms with E-state index in [2.05, 4.69) is 52.2 Å². The molecule has 2 fully saturated rings. The Morgan fingerprint density at radius 3 is 2.80 bits per heavy atom. The van der Waals surface area contributed by atoms with Gasteiger partial charge in [-0.3, -0.25) is 4.98 Å². The molecule has 0 amide bonds. The minimum absolute atomic E-state index is 0.452. The molecule has 20 heavy (non-hydrogen) atoms. The second-order valence-electron chi connectivity index (χ2n) is 7.12. The second kappa shape index (κ2) is 5.76. The highest BCUT2D eigenvalue weighted by molar-refractivity contribution is 9.10. The smallest absolute Gasteiger partial charge is 0.0413 e. The number of fused-ring (bicyclic) bond motifs is 2. The van der Waals surface area contributed by atoms with Gasteiger partial charge in [0.15, 0.2) is 0 Å². The number of nitrogens with zero attached hydrogens (tertiary/aromatic N) is 1. The average Bonchev–Trinajstić information content (AvgIpc) is 3.00. The van der Waals surface area contributed by atoms with E-state index in [0.717, 1.165) is 29.3 Å². The fraction of sp³-hybridized carbons (Fsp3) is 0.706. The summed E-state index contributed by atoms with van der Waals surface area (Å²) >= 11 is 3.48. The van der Waals surface area contributed by atoms with E-state index in [9.17, 15) is 0 Å². The van der Waals surface area contributed by atoms with E-state index in [-0.39, 0.29) is 0 Å². The van der Waals surface area contributed by atoms with E-state index in [1.165, 1.54) is 31.4 Å². The molecule has 3 heteroatoms. The molecular weight excluding hydrogens is 312 g/mol. The Kier molecular flexibility index (Phi) is 4.19. The summed E-state index contributed by atoms with van der Waals surface area (Å²) in [6.45, 7) is 5.65. The second-order valence-corrected chi connectivity index (χ2v) is 8.04. The summed E-state index contributed by atoms with van der Waals surface area (Å²) in [6.07, 6.45) is 8.82. The summed E-state index contributed by atoms with van der Waals surface area (Å²) < 4.78 is 1.07. The molecule has 1 aromatic rings. The van der Waals surface area contributed by atoms with Gasteiger partial charge in [0.05, 0.1) is 0 Å². The van der Waals surface area contributed by atoms with Gasteiger partial charge in [0.1, 0.15) is 0 Å². The Bertz CT molecular complexity index is 457. The molecule has 0 aliphatic heterocycles. The van der Waals surface area contributed by atoms with Crippen molar-refractivity contribution in [3.63, 3.8) is 0 Å². The Morgan fingerprint density at radius 1 is 1.40 bits per heavy atom. The van der Waals surface area contributed by atoms with Crippen LogP contribution in [0.4, 0.5) is 0 Å². The van der Waals surface area contributed by atoms with Crippen molar-refractivity contribution in [2.24, 2.45) is 17.3 Å². The fourth-order valence-corrected chi connectivity index (χ4v) is 4.57. The lowest BCUT2D eigenvalue weighted by Gasteiger charge is -2.38. The van der Waals surface area contributed by atoms with Crippen LogP contribution in [0, 0.1) is 17.3 Å². The number of hydrogen-bond acceptors (Lipinski definition) is 2. The number of aromatic nitrogens is 1. The van der Waals surface area contributed by atoms with Crippen LogP contribution in [0.25, 0.3) is 0 Å². The first-order valence-electron chi connectivity index (χ1n) is 7.91. The molecule has 3 unspecified atom stereocenters. The SMILES string of the molecule is CC(C)NCC1(Cc2ccc(Br)cn2)CC2CCC1C2. The highest BCUT2D eigenvalue weighted by atomic mass is 79.9. The fourth-order valence-electron chi connectivity index (χ4n) is 4.33. The molecule has 0 radical (unpaired) electrons. The Balaban J connectivity index is 1.77. The third-order valence-electron chi connectivity index (χ3n) is 5.29. The standard InChI is InChI=1S/C17H25BrN2/c1-12(2)20-11-17(8-13-3-4-14(17)7-13)9-16-6-5-15(18)10-19-16/h5-6,10,12-14,20H,3-4,7-9,11H2,1-2H3. The predicted octanol–water partition coefficient (Wildman–Crippen LogP) is 4.19. The molecule has 3 rings (SSSR count). The normalized spacial score (nSPS) is 32.2. The lowest BCUT2D eigenvalue weighted by Crippen LogP contribution is -2.42. The number of halogens is 1. The van der Waals surface area contributed by atoms with E-state index in [1.54, 1.807) is 0 Å². The van der Waals surface area contributed by atoms with Gasteiger partial charge in [-0.2, -0.15) is 0 Å². The van der Waals surface area contributed by atoms with Gasteiger partial charge in [-0.1, -0.05) is 20.3 Å². The summed E-state index contributed by atoms with van der Waals surface area (Å²) in [6, 6.07) is 4.88. The van der Waals surface area contributed by atoms with Crippen molar-refractivity contribution in [2.75, 3.05) is 6.54 Å². The highest BCUT2D eigenvalue weighted by Gasteiger charge is 2.50. The summed E-state index contributed by atoms with van der Waals surface area (Å²) in [5, 5.41) is 3.71. The zero-order chi connectivity index (χ0) is 14.2. The number of hydrogen-bond donors (Lipinski definition) is 1. The van der Waals surface area contributed by atoms with E-state index in [4.69, 9.17) is 0 Å². The molecule has 2 nitrogen and oxygen atoms in total. The van der Waals surface area contributed by atoms with Crippen molar-refractivity contribution in [1.29, 1.82) is 0 Å². The van der Waals surface area contributed by atoms with Gasteiger partial charge < -0.3 is 5.32 Å². The summed E-state index contributed by atoms with van der Waals surface area (Å²) in [4.78, 5) is 4.62. The van der Waals surface area contributed by atoms with Crippen LogP contribution in [-0.4, -0.2) is 17.6 Å². The van der Waals surface area contributed by atoms with Gasteiger partial charge in [0.25, 0.3) is 0 Å². The quantitative estimate of drug-likeness (QED) is 0.871. The lowest BCUT2D eigenvalue weighted by atomic mass is 9.70. The van der Waals surface area contributed by atoms with Crippen LogP contribution in [0.3, 0.4) is 0 Å². The molecule has 1 heterocycles. The Hall–Kier alpha value is -0.410. The maximum Gasteiger partial charge on any atom is 0.0413 e. The molecule has 2 aliphatic carbocycles. The maximum absolute atomic E-state index is 4.62. The molecule has 2 aliphatic rings. The maximum atomic E-state index is 4.62. The van der Waals surface area contributed by atoms with Crippen molar-refractivity contribution in [3.05, 3.63) is 28.5 Å². The highest BCUT2D eigenvalue weighted by Crippen LogP contribution is 2.57. The summed E-state index contributed by atoms with van der Waals surface area (Å²) in [7, 11) is 0. The average molecular weight is 337 g/mol. The van der Waals surface area contributed by atoms with E-state index in [0.29, 0.717) is 11.5 Å². The van der Waals surface area contributed by atoms with Gasteiger partial charge in [-0.05, 0) is 71.0 Å². The largest absolute Gasteiger partial charge is 0.314 e. The van der Waals surface area contributed by atoms with E-state index >= 15 is 0 Å². The molecule has 110 valence electrons. The Morgan fingerprint density at radius 2 is 2.25 bits per heavy atom. The molecule has 3 atom stereocenters. The van der Waals surface area contributed by atoms with Crippen LogP contribution in [0.15, 0.2) is 22.8 Å². The monoisotopic (exact) mass is 336 g/mol. The van der Waals surface area contributed by atoms with Crippen LogP contribution in [0.1, 0.15) is 45.2 Å². The van der Waals surface area contributed by atoms with E-state index < -0.39 is 0 Å². The third-order valence-corrected chi connectivity index (χ3v) is 5.76. The van der Waals surface area contributed by atoms with Gasteiger partial charge in [0, 0.05) is 29.0 Å². The third kappa shape index (κ3) is 2.94. The van der Waals surface area contributed by atoms with Crippen molar-refractivity contribution in [3.8, 4) is 0 Å². The number of rotatable bonds is 5. The van der Waals surface area contributed by atoms with Gasteiger partial charge >= 0.3 is 0 Å². The van der Waals surface area contributed by atoms with Crippen LogP contribution in [-0.2, 0) is 6.42 Å². The molecular formula is C17H25BrN2. The molecule has 2 saturated carbocycles. The van der Waals surface area contributed by atoms with Gasteiger partial charge in [-0.15, -0.1) is 0 Å². The first kappa shape index (κ1) is 14.5. The first-order valence-corrected chi connectivity index (χ1v) is 8.70. The Labute approximate surface area is 130 Å². The molecule has 2 bridgehead atoms. The van der Waals surface area contributed by atoms with E-state index in [1.807, 2.05) is 6.20 Å². The number of nitrogens with one attached hydrogen (secondary N) is 1. The minimum atomic E-state index is 0.452. The minimum Gasteiger partial charge on any atom is -0.314 e. The zero-order valence-electron chi connectivity index (χ0n) is 12.5. The van der Waals surface area contributed by atoms with Crippen LogP contribution in [0.5, 0.6) is 0 Å². The van der Waals surface area contributed by atoms with Crippen LogP contribution < -0.4 is 5.32 Å². The van der Waals surface area contributed by atoms with Crippen molar-refractivity contribution in [2.45, 2.75) is 52.0 Å². The topological polar surface area (TPSA) is 24.9 Å². The van der Waals surface area contributed by atoms with Gasteiger partial charge in [0.2, 0.25) is 0 Å². The molecule has 0 saturated heterocycles. The summed E-state index contributed by atoms with van der Waals surface area (Å²) in [5.74, 6) is 1.88. The van der Waals surface area contributed by atoms with Crippen molar-refractivity contribution < 1.29 is 0 Å². The molecule has 0 aromatic carbocycles. The van der Waals surface area contributed by atoms with Crippen molar-refractivity contribution >= 4 is 15.9 Å². The van der Waals surface area contributed by atoms with Crippen LogP contribution >= 0.6 is 15.9 Å². The van der Waals surface area contributed by atoms with Crippen LogP contribution in [0.2, 0.25) is 0 Å². The molecule has 1 aromatic heterocycles. The zero-order valence-corrected chi connectivity index (χ0v) is 14.1. The number of pyridine rings is 1. The van der Waals surface area contributed by atoms with Crippen molar-refractivity contribution in [1.82, 2.24) is 10.3 Å². The first-order chi connectivity index (χ1) is 9.57. The summed E-state index contributed by atoms with van der Waals surface area (Å²) in [5.41, 5.74) is 1.71. The van der Waals surface area contributed by atoms with Gasteiger partial charge in [-0.25, -0.2) is 0 Å². The predicted molar refractivity (Wildman–Crippen MR) is 86.7 cm³/mol. The molecule has 0 spiro atoms. The lowest BCUT2D eigenvalue weighted by molar-refractivity contribution is 0.151. The molecule has 1 N–H and O–H groups in total.